The fraction of sp³-hybridized carbons (Fsp3) is 0.600. The Morgan fingerprint density at radius 1 is 1.53 bits per heavy atom. The molecule has 1 atom stereocenters. The van der Waals surface area contributed by atoms with Crippen LogP contribution in [0.25, 0.3) is 0 Å². The first-order chi connectivity index (χ1) is 8.81. The summed E-state index contributed by atoms with van der Waals surface area (Å²) < 4.78 is 0. The predicted molar refractivity (Wildman–Crippen MR) is 70.9 cm³/mol. The Morgan fingerprint density at radius 3 is 2.42 bits per heavy atom. The quantitative estimate of drug-likeness (QED) is 0.600. The van der Waals surface area contributed by atoms with Crippen LogP contribution < -0.4 is 0 Å². The number of hydrogen-bond acceptors (Lipinski definition) is 3. The van der Waals surface area contributed by atoms with Gasteiger partial charge in [-0.2, -0.15) is 5.26 Å². The topological polar surface area (TPSA) is 81.3 Å². The molecule has 0 saturated heterocycles. The number of allylic oxidation sites excluding steroid dienone is 1. The molecule has 0 aromatic carbocycles. The van der Waals surface area contributed by atoms with Crippen LogP contribution >= 0.6 is 0 Å². The Kier molecular flexibility index (Phi) is 4.39. The zero-order valence-electron chi connectivity index (χ0n) is 11.5. The zero-order chi connectivity index (χ0) is 14.7. The van der Waals surface area contributed by atoms with Crippen LogP contribution in [0.15, 0.2) is 11.6 Å². The lowest BCUT2D eigenvalue weighted by Gasteiger charge is -2.31. The number of hydrogen-bond donors (Lipinski definition) is 2. The fourth-order valence-corrected chi connectivity index (χ4v) is 2.07. The van der Waals surface area contributed by atoms with Crippen molar-refractivity contribution in [2.75, 3.05) is 0 Å². The van der Waals surface area contributed by atoms with Gasteiger partial charge in [-0.25, -0.2) is 4.79 Å². The zero-order valence-corrected chi connectivity index (χ0v) is 11.5. The molecule has 1 unspecified atom stereocenters. The van der Waals surface area contributed by atoms with E-state index in [1.165, 1.54) is 0 Å². The first-order valence-electron chi connectivity index (χ1n) is 6.41. The van der Waals surface area contributed by atoms with Crippen molar-refractivity contribution in [1.29, 1.82) is 5.26 Å². The largest absolute Gasteiger partial charge is 0.478 e. The number of rotatable bonds is 4. The molecule has 0 aromatic rings. The number of aliphatic carboxylic acids is 1. The molecule has 0 amide bonds. The van der Waals surface area contributed by atoms with E-state index in [2.05, 4.69) is 17.9 Å². The molecule has 1 rings (SSSR count). The molecule has 4 heteroatoms. The van der Waals surface area contributed by atoms with Gasteiger partial charge < -0.3 is 10.2 Å². The van der Waals surface area contributed by atoms with Crippen molar-refractivity contribution < 1.29 is 15.0 Å². The van der Waals surface area contributed by atoms with Crippen molar-refractivity contribution in [3.05, 3.63) is 11.6 Å². The van der Waals surface area contributed by atoms with Gasteiger partial charge in [-0.1, -0.05) is 32.6 Å². The molecule has 2 N–H and O–H groups in total. The summed E-state index contributed by atoms with van der Waals surface area (Å²) in [6.45, 7) is 5.44. The average molecular weight is 261 g/mol. The van der Waals surface area contributed by atoms with Gasteiger partial charge in [0.2, 0.25) is 0 Å². The maximum absolute atomic E-state index is 10.7. The summed E-state index contributed by atoms with van der Waals surface area (Å²) in [7, 11) is 0. The smallest absolute Gasteiger partial charge is 0.329 e. The molecule has 102 valence electrons. The molecule has 4 nitrogen and oxygen atoms in total. The monoisotopic (exact) mass is 261 g/mol. The molecule has 0 spiro atoms. The van der Waals surface area contributed by atoms with E-state index in [0.717, 1.165) is 6.08 Å². The van der Waals surface area contributed by atoms with Crippen molar-refractivity contribution in [3.8, 4) is 17.9 Å². The minimum atomic E-state index is -1.38. The van der Waals surface area contributed by atoms with E-state index >= 15 is 0 Å². The molecule has 0 heterocycles. The van der Waals surface area contributed by atoms with Crippen LogP contribution in [-0.2, 0) is 4.79 Å². The van der Waals surface area contributed by atoms with Gasteiger partial charge in [0.1, 0.15) is 5.60 Å². The molecule has 1 saturated carbocycles. The summed E-state index contributed by atoms with van der Waals surface area (Å²) in [4.78, 5) is 10.6. The number of carboxylic acid groups (broad SMARTS) is 1. The molecule has 0 radical (unpaired) electrons. The molecular formula is C15H19NO3. The number of carboxylic acids is 1. The highest BCUT2D eigenvalue weighted by molar-refractivity contribution is 5.81. The van der Waals surface area contributed by atoms with Gasteiger partial charge in [-0.15, -0.1) is 0 Å². The summed E-state index contributed by atoms with van der Waals surface area (Å²) in [5.41, 5.74) is -1.73. The first kappa shape index (κ1) is 15.3. The average Bonchev–Trinajstić information content (AvgIpc) is 3.14. The molecular weight excluding hydrogens is 242 g/mol. The van der Waals surface area contributed by atoms with Crippen LogP contribution in [-0.4, -0.2) is 21.8 Å². The maximum Gasteiger partial charge on any atom is 0.329 e. The van der Waals surface area contributed by atoms with E-state index in [0.29, 0.717) is 24.8 Å². The molecule has 0 aliphatic heterocycles. The van der Waals surface area contributed by atoms with Gasteiger partial charge in [0.15, 0.2) is 0 Å². The summed E-state index contributed by atoms with van der Waals surface area (Å²) in [6.07, 6.45) is 2.79. The summed E-state index contributed by atoms with van der Waals surface area (Å²) >= 11 is 0. The third-order valence-corrected chi connectivity index (χ3v) is 3.62. The molecule has 19 heavy (non-hydrogen) atoms. The lowest BCUT2D eigenvalue weighted by atomic mass is 9.77. The second kappa shape index (κ2) is 5.47. The number of nitrogens with zero attached hydrogens (tertiary/aromatic N) is 1. The summed E-state index contributed by atoms with van der Waals surface area (Å²) in [5.74, 6) is 4.24. The fourth-order valence-electron chi connectivity index (χ4n) is 2.07. The Labute approximate surface area is 113 Å². The predicted octanol–water partition coefficient (Wildman–Crippen LogP) is 2.10. The van der Waals surface area contributed by atoms with Crippen LogP contribution in [0.2, 0.25) is 0 Å². The lowest BCUT2D eigenvalue weighted by molar-refractivity contribution is -0.131. The van der Waals surface area contributed by atoms with E-state index in [4.69, 9.17) is 5.11 Å². The molecule has 1 fully saturated rings. The van der Waals surface area contributed by atoms with Crippen LogP contribution in [0.1, 0.15) is 40.0 Å². The Balaban J connectivity index is 3.13. The van der Waals surface area contributed by atoms with Crippen LogP contribution in [0.5, 0.6) is 0 Å². The Hall–Kier alpha value is -1.78. The summed E-state index contributed by atoms with van der Waals surface area (Å²) in [5, 5.41) is 28.6. The SMILES string of the molecule is CC/C(C#CC(O)(C(C)C)C1(C#N)CC1)=C/C(=O)O. The first-order valence-corrected chi connectivity index (χ1v) is 6.41. The van der Waals surface area contributed by atoms with E-state index in [1.807, 2.05) is 13.8 Å². The highest BCUT2D eigenvalue weighted by Gasteiger charge is 2.60. The van der Waals surface area contributed by atoms with Gasteiger partial charge in [0, 0.05) is 11.6 Å². The minimum absolute atomic E-state index is 0.190. The Morgan fingerprint density at radius 2 is 2.11 bits per heavy atom. The van der Waals surface area contributed by atoms with Gasteiger partial charge in [-0.3, -0.25) is 0 Å². The molecule has 0 bridgehead atoms. The van der Waals surface area contributed by atoms with Crippen molar-refractivity contribution in [2.24, 2.45) is 11.3 Å². The molecule has 0 aromatic heterocycles. The van der Waals surface area contributed by atoms with Crippen LogP contribution in [0.3, 0.4) is 0 Å². The molecule has 1 aliphatic rings. The summed E-state index contributed by atoms with van der Waals surface area (Å²) in [6, 6.07) is 2.17. The molecule has 1 aliphatic carbocycles. The van der Waals surface area contributed by atoms with Gasteiger partial charge in [0.05, 0.1) is 11.5 Å². The second-order valence-electron chi connectivity index (χ2n) is 5.23. The van der Waals surface area contributed by atoms with Crippen molar-refractivity contribution in [1.82, 2.24) is 0 Å². The third kappa shape index (κ3) is 2.97. The van der Waals surface area contributed by atoms with E-state index < -0.39 is 17.0 Å². The third-order valence-electron chi connectivity index (χ3n) is 3.62. The van der Waals surface area contributed by atoms with Crippen molar-refractivity contribution >= 4 is 5.97 Å². The highest BCUT2D eigenvalue weighted by Crippen LogP contribution is 2.56. The van der Waals surface area contributed by atoms with Gasteiger partial charge >= 0.3 is 5.97 Å². The number of nitriles is 1. The number of aliphatic hydroxyl groups is 1. The van der Waals surface area contributed by atoms with Crippen LogP contribution in [0.4, 0.5) is 0 Å². The van der Waals surface area contributed by atoms with Crippen molar-refractivity contribution in [3.63, 3.8) is 0 Å². The number of carbonyl (C=O) groups is 1. The lowest BCUT2D eigenvalue weighted by Crippen LogP contribution is -2.42. The van der Waals surface area contributed by atoms with Crippen molar-refractivity contribution in [2.45, 2.75) is 45.6 Å². The standard InChI is InChI=1S/C15H19NO3/c1-4-12(9-13(17)18)5-6-15(19,11(2)3)14(10-16)7-8-14/h9,11,19H,4,7-8H2,1-3H3,(H,17,18)/b12-9-. The highest BCUT2D eigenvalue weighted by atomic mass is 16.4. The van der Waals surface area contributed by atoms with Gasteiger partial charge in [0.25, 0.3) is 0 Å². The minimum Gasteiger partial charge on any atom is -0.478 e. The maximum atomic E-state index is 10.7. The van der Waals surface area contributed by atoms with E-state index in [9.17, 15) is 15.2 Å². The van der Waals surface area contributed by atoms with Crippen LogP contribution in [0, 0.1) is 34.5 Å². The van der Waals surface area contributed by atoms with E-state index in [1.54, 1.807) is 6.92 Å². The normalized spacial score (nSPS) is 19.9. The Bertz CT molecular complexity index is 498. The van der Waals surface area contributed by atoms with Gasteiger partial charge in [-0.05, 0) is 25.2 Å². The van der Waals surface area contributed by atoms with E-state index in [-0.39, 0.29) is 5.92 Å². The second-order valence-corrected chi connectivity index (χ2v) is 5.23.